The molecule has 2 aliphatic rings. The van der Waals surface area contributed by atoms with Crippen LogP contribution >= 0.6 is 0 Å². The number of rotatable bonds is 3. The van der Waals surface area contributed by atoms with E-state index in [0.717, 1.165) is 24.8 Å². The van der Waals surface area contributed by atoms with E-state index in [1.807, 2.05) is 41.4 Å². The van der Waals surface area contributed by atoms with Gasteiger partial charge in [0, 0.05) is 43.9 Å². The van der Waals surface area contributed by atoms with Gasteiger partial charge in [-0.2, -0.15) is 5.10 Å². The smallest absolute Gasteiger partial charge is 0.252 e. The Morgan fingerprint density at radius 2 is 1.88 bits per heavy atom. The molecule has 1 amide bonds. The van der Waals surface area contributed by atoms with E-state index in [1.54, 1.807) is 5.01 Å². The number of hydrazone groups is 1. The van der Waals surface area contributed by atoms with Gasteiger partial charge in [-0.25, -0.2) is 9.99 Å². The quantitative estimate of drug-likeness (QED) is 0.916. The van der Waals surface area contributed by atoms with Gasteiger partial charge in [0.1, 0.15) is 0 Å². The summed E-state index contributed by atoms with van der Waals surface area (Å²) in [6.07, 6.45) is 5.54. The second kappa shape index (κ2) is 7.11. The van der Waals surface area contributed by atoms with Crippen LogP contribution in [0.1, 0.15) is 30.9 Å². The van der Waals surface area contributed by atoms with Gasteiger partial charge in [0.2, 0.25) is 11.9 Å². The van der Waals surface area contributed by atoms with Crippen LogP contribution in [-0.2, 0) is 4.79 Å². The highest BCUT2D eigenvalue weighted by Crippen LogP contribution is 2.31. The Kier molecular flexibility index (Phi) is 4.51. The molecule has 4 rings (SSSR count). The minimum Gasteiger partial charge on any atom is -0.342 e. The molecule has 0 spiro atoms. The van der Waals surface area contributed by atoms with Crippen LogP contribution in [0.15, 0.2) is 52.5 Å². The lowest BCUT2D eigenvalue weighted by atomic mass is 9.94. The van der Waals surface area contributed by atoms with Crippen molar-refractivity contribution < 1.29 is 4.79 Å². The Morgan fingerprint density at radius 1 is 1.12 bits per heavy atom. The molecular formula is C19H21N5O2. The topological polar surface area (TPSA) is 81.7 Å². The molecular weight excluding hydrogens is 330 g/mol. The number of aromatic nitrogens is 2. The molecule has 1 saturated heterocycles. The lowest BCUT2D eigenvalue weighted by molar-refractivity contribution is -0.138. The molecule has 1 fully saturated rings. The van der Waals surface area contributed by atoms with Crippen LogP contribution in [-0.4, -0.2) is 40.2 Å². The number of benzene rings is 1. The van der Waals surface area contributed by atoms with Crippen LogP contribution < -0.4 is 10.5 Å². The van der Waals surface area contributed by atoms with Gasteiger partial charge in [0.05, 0.1) is 6.04 Å². The van der Waals surface area contributed by atoms with Crippen LogP contribution in [0.25, 0.3) is 0 Å². The predicted octanol–water partition coefficient (Wildman–Crippen LogP) is 1.95. The zero-order valence-electron chi connectivity index (χ0n) is 14.4. The molecule has 1 atom stereocenters. The number of aromatic amines is 1. The number of nitrogens with zero attached hydrogens (tertiary/aromatic N) is 4. The molecule has 1 aromatic heterocycles. The molecule has 3 heterocycles. The molecule has 2 aliphatic heterocycles. The highest BCUT2D eigenvalue weighted by molar-refractivity contribution is 5.82. The zero-order valence-corrected chi connectivity index (χ0v) is 14.4. The standard InChI is InChI=1S/C19H21N5O2/c25-17-7-10-20-19(22-17)23-12-8-15(9-13-23)18(26)24-16(6-11-21-24)14-4-2-1-3-5-14/h1-5,7,10-11,15-16H,6,8-9,12-13H2,(H,20,22,25). The van der Waals surface area contributed by atoms with Gasteiger partial charge in [0.15, 0.2) is 0 Å². The Balaban J connectivity index is 1.42. The summed E-state index contributed by atoms with van der Waals surface area (Å²) >= 11 is 0. The number of hydrogen-bond acceptors (Lipinski definition) is 5. The van der Waals surface area contributed by atoms with Crippen molar-refractivity contribution in [2.75, 3.05) is 18.0 Å². The van der Waals surface area contributed by atoms with Crippen LogP contribution in [0.2, 0.25) is 0 Å². The number of anilines is 1. The highest BCUT2D eigenvalue weighted by Gasteiger charge is 2.34. The molecule has 2 aromatic rings. The van der Waals surface area contributed by atoms with E-state index in [-0.39, 0.29) is 23.4 Å². The van der Waals surface area contributed by atoms with Crippen molar-refractivity contribution in [2.45, 2.75) is 25.3 Å². The fraction of sp³-hybridized carbons (Fsp3) is 0.368. The van der Waals surface area contributed by atoms with E-state index in [9.17, 15) is 9.59 Å². The molecule has 0 aliphatic carbocycles. The summed E-state index contributed by atoms with van der Waals surface area (Å²) in [5, 5.41) is 5.99. The Bertz CT molecular complexity index is 855. The first kappa shape index (κ1) is 16.5. The van der Waals surface area contributed by atoms with Gasteiger partial charge in [-0.3, -0.25) is 14.6 Å². The van der Waals surface area contributed by atoms with Crippen LogP contribution in [0, 0.1) is 5.92 Å². The lowest BCUT2D eigenvalue weighted by Gasteiger charge is -2.34. The lowest BCUT2D eigenvalue weighted by Crippen LogP contribution is -2.42. The van der Waals surface area contributed by atoms with Gasteiger partial charge in [-0.1, -0.05) is 30.3 Å². The first-order valence-corrected chi connectivity index (χ1v) is 8.93. The Hall–Kier alpha value is -2.96. The molecule has 7 nitrogen and oxygen atoms in total. The SMILES string of the molecule is O=C(C1CCN(c2nccc(=O)[nH]2)CC1)N1N=CCC1c1ccccc1. The van der Waals surface area contributed by atoms with E-state index in [4.69, 9.17) is 0 Å². The fourth-order valence-electron chi connectivity index (χ4n) is 3.62. The average molecular weight is 351 g/mol. The van der Waals surface area contributed by atoms with E-state index >= 15 is 0 Å². The maximum Gasteiger partial charge on any atom is 0.252 e. The third-order valence-electron chi connectivity index (χ3n) is 5.04. The van der Waals surface area contributed by atoms with Gasteiger partial charge in [-0.15, -0.1) is 0 Å². The van der Waals surface area contributed by atoms with E-state index in [2.05, 4.69) is 15.1 Å². The minimum absolute atomic E-state index is 0.00567. The summed E-state index contributed by atoms with van der Waals surface area (Å²) in [6.45, 7) is 1.38. The molecule has 0 radical (unpaired) electrons. The van der Waals surface area contributed by atoms with Crippen LogP contribution in [0.5, 0.6) is 0 Å². The van der Waals surface area contributed by atoms with Crippen molar-refractivity contribution in [1.29, 1.82) is 0 Å². The molecule has 1 unspecified atom stereocenters. The minimum atomic E-state index is -0.162. The summed E-state index contributed by atoms with van der Waals surface area (Å²) in [5.74, 6) is 0.606. The molecule has 0 bridgehead atoms. The van der Waals surface area contributed by atoms with Crippen molar-refractivity contribution >= 4 is 18.1 Å². The average Bonchev–Trinajstić information content (AvgIpc) is 3.18. The van der Waals surface area contributed by atoms with Crippen molar-refractivity contribution in [3.8, 4) is 0 Å². The Morgan fingerprint density at radius 3 is 2.62 bits per heavy atom. The van der Waals surface area contributed by atoms with Crippen molar-refractivity contribution in [3.05, 3.63) is 58.5 Å². The van der Waals surface area contributed by atoms with Gasteiger partial charge >= 0.3 is 0 Å². The van der Waals surface area contributed by atoms with Gasteiger partial charge < -0.3 is 4.90 Å². The van der Waals surface area contributed by atoms with Gasteiger partial charge in [0.25, 0.3) is 5.56 Å². The zero-order chi connectivity index (χ0) is 17.9. The normalized spacial score (nSPS) is 20.5. The van der Waals surface area contributed by atoms with E-state index in [0.29, 0.717) is 19.0 Å². The Labute approximate surface area is 151 Å². The largest absolute Gasteiger partial charge is 0.342 e. The maximum absolute atomic E-state index is 13.0. The second-order valence-electron chi connectivity index (χ2n) is 6.66. The maximum atomic E-state index is 13.0. The number of nitrogens with one attached hydrogen (secondary N) is 1. The number of piperidine rings is 1. The number of H-pyrrole nitrogens is 1. The monoisotopic (exact) mass is 351 g/mol. The number of amides is 1. The molecule has 1 aromatic carbocycles. The van der Waals surface area contributed by atoms with Crippen molar-refractivity contribution in [1.82, 2.24) is 15.0 Å². The summed E-state index contributed by atoms with van der Waals surface area (Å²) in [4.78, 5) is 33.4. The van der Waals surface area contributed by atoms with Crippen LogP contribution in [0.3, 0.4) is 0 Å². The first-order valence-electron chi connectivity index (χ1n) is 8.93. The molecule has 1 N–H and O–H groups in total. The third kappa shape index (κ3) is 3.24. The number of carbonyl (C=O) groups is 1. The molecule has 0 saturated carbocycles. The molecule has 26 heavy (non-hydrogen) atoms. The second-order valence-corrected chi connectivity index (χ2v) is 6.66. The van der Waals surface area contributed by atoms with E-state index in [1.165, 1.54) is 12.3 Å². The first-order chi connectivity index (χ1) is 12.7. The highest BCUT2D eigenvalue weighted by atomic mass is 16.2. The fourth-order valence-corrected chi connectivity index (χ4v) is 3.62. The summed E-state index contributed by atoms with van der Waals surface area (Å²) in [6, 6.07) is 11.4. The summed E-state index contributed by atoms with van der Waals surface area (Å²) in [5.41, 5.74) is 0.951. The van der Waals surface area contributed by atoms with Gasteiger partial charge in [-0.05, 0) is 18.4 Å². The van der Waals surface area contributed by atoms with E-state index < -0.39 is 0 Å². The summed E-state index contributed by atoms with van der Waals surface area (Å²) in [7, 11) is 0. The molecule has 7 heteroatoms. The van der Waals surface area contributed by atoms with Crippen LogP contribution in [0.4, 0.5) is 5.95 Å². The van der Waals surface area contributed by atoms with Crippen molar-refractivity contribution in [2.24, 2.45) is 11.0 Å². The third-order valence-corrected chi connectivity index (χ3v) is 5.04. The molecule has 134 valence electrons. The number of carbonyl (C=O) groups excluding carboxylic acids is 1. The summed E-state index contributed by atoms with van der Waals surface area (Å²) < 4.78 is 0. The number of hydrogen-bond donors (Lipinski definition) is 1. The van der Waals surface area contributed by atoms with Crippen molar-refractivity contribution in [3.63, 3.8) is 0 Å². The predicted molar refractivity (Wildman–Crippen MR) is 98.9 cm³/mol.